The number of hydrogen-bond acceptors (Lipinski definition) is 1. The molecule has 0 amide bonds. The van der Waals surface area contributed by atoms with Crippen LogP contribution in [0.4, 0.5) is 4.39 Å². The van der Waals surface area contributed by atoms with Gasteiger partial charge >= 0.3 is 0 Å². The summed E-state index contributed by atoms with van der Waals surface area (Å²) in [5.74, 6) is 0.301. The van der Waals surface area contributed by atoms with Crippen molar-refractivity contribution in [3.8, 4) is 0 Å². The third-order valence-corrected chi connectivity index (χ3v) is 2.21. The molecule has 1 N–H and O–H groups in total. The maximum Gasteiger partial charge on any atom is 0.123 e. The fourth-order valence-corrected chi connectivity index (χ4v) is 1.51. The standard InChI is InChI=1S/C10H11FN/c11-10-3-1-8(2-4-10)9-5-6-12-7-9/h1-5,9,12H,6-7H2/t9-/m0/s1. The first-order chi connectivity index (χ1) is 5.86. The molecule has 2 heteroatoms. The largest absolute Gasteiger partial charge is 0.316 e. The molecule has 0 spiro atoms. The number of hydrogen-bond donors (Lipinski definition) is 1. The van der Waals surface area contributed by atoms with Gasteiger partial charge in [-0.1, -0.05) is 12.1 Å². The summed E-state index contributed by atoms with van der Waals surface area (Å²) in [6.07, 6.45) is 2.22. The minimum absolute atomic E-state index is 0.162. The Labute approximate surface area is 71.6 Å². The molecule has 0 saturated carbocycles. The van der Waals surface area contributed by atoms with E-state index in [0.717, 1.165) is 13.1 Å². The summed E-state index contributed by atoms with van der Waals surface area (Å²) in [4.78, 5) is 0. The monoisotopic (exact) mass is 164 g/mol. The third-order valence-electron chi connectivity index (χ3n) is 2.21. The summed E-state index contributed by atoms with van der Waals surface area (Å²) in [5, 5.41) is 3.24. The lowest BCUT2D eigenvalue weighted by Crippen LogP contribution is -2.07. The summed E-state index contributed by atoms with van der Waals surface area (Å²) >= 11 is 0. The predicted molar refractivity (Wildman–Crippen MR) is 46.3 cm³/mol. The molecule has 1 heterocycles. The van der Waals surface area contributed by atoms with Gasteiger partial charge in [-0.3, -0.25) is 0 Å². The molecule has 1 aliphatic rings. The molecule has 1 fully saturated rings. The van der Waals surface area contributed by atoms with E-state index < -0.39 is 0 Å². The molecule has 1 aliphatic heterocycles. The molecule has 0 aromatic heterocycles. The van der Waals surface area contributed by atoms with Crippen molar-refractivity contribution in [1.82, 2.24) is 5.32 Å². The van der Waals surface area contributed by atoms with E-state index >= 15 is 0 Å². The van der Waals surface area contributed by atoms with E-state index in [2.05, 4.69) is 11.7 Å². The van der Waals surface area contributed by atoms with Crippen molar-refractivity contribution in [3.63, 3.8) is 0 Å². The van der Waals surface area contributed by atoms with E-state index in [9.17, 15) is 4.39 Å². The zero-order chi connectivity index (χ0) is 8.39. The quantitative estimate of drug-likeness (QED) is 0.666. The summed E-state index contributed by atoms with van der Waals surface area (Å²) in [6, 6.07) is 6.73. The fourth-order valence-electron chi connectivity index (χ4n) is 1.51. The van der Waals surface area contributed by atoms with Crippen LogP contribution in [0.3, 0.4) is 0 Å². The van der Waals surface area contributed by atoms with Crippen molar-refractivity contribution in [2.24, 2.45) is 0 Å². The van der Waals surface area contributed by atoms with Crippen molar-refractivity contribution >= 4 is 0 Å². The Bertz CT molecular complexity index is 249. The van der Waals surface area contributed by atoms with Crippen LogP contribution in [0.1, 0.15) is 11.5 Å². The van der Waals surface area contributed by atoms with Crippen LogP contribution in [-0.2, 0) is 0 Å². The second kappa shape index (κ2) is 3.23. The normalized spacial score (nSPS) is 22.9. The smallest absolute Gasteiger partial charge is 0.123 e. The number of nitrogens with one attached hydrogen (secondary N) is 1. The molecule has 63 valence electrons. The van der Waals surface area contributed by atoms with Crippen LogP contribution in [0.2, 0.25) is 0 Å². The molecule has 1 radical (unpaired) electrons. The zero-order valence-electron chi connectivity index (χ0n) is 6.76. The number of rotatable bonds is 1. The van der Waals surface area contributed by atoms with Gasteiger partial charge in [0, 0.05) is 12.5 Å². The Morgan fingerprint density at radius 3 is 2.58 bits per heavy atom. The van der Waals surface area contributed by atoms with E-state index in [0.29, 0.717) is 5.92 Å². The molecule has 1 aromatic carbocycles. The molecule has 1 nitrogen and oxygen atoms in total. The summed E-state index contributed by atoms with van der Waals surface area (Å²) in [6.45, 7) is 1.94. The molecule has 0 bridgehead atoms. The van der Waals surface area contributed by atoms with Gasteiger partial charge in [0.05, 0.1) is 0 Å². The van der Waals surface area contributed by atoms with E-state index in [1.807, 2.05) is 12.1 Å². The van der Waals surface area contributed by atoms with Gasteiger partial charge in [-0.05, 0) is 30.7 Å². The zero-order valence-corrected chi connectivity index (χ0v) is 6.76. The summed E-state index contributed by atoms with van der Waals surface area (Å²) in [5.41, 5.74) is 1.20. The first-order valence-electron chi connectivity index (χ1n) is 4.16. The van der Waals surface area contributed by atoms with Gasteiger partial charge in [-0.15, -0.1) is 0 Å². The third kappa shape index (κ3) is 1.48. The lowest BCUT2D eigenvalue weighted by Gasteiger charge is -2.06. The van der Waals surface area contributed by atoms with Crippen LogP contribution in [0.5, 0.6) is 0 Å². The topological polar surface area (TPSA) is 12.0 Å². The molecule has 0 aliphatic carbocycles. The molecule has 0 unspecified atom stereocenters. The van der Waals surface area contributed by atoms with Crippen LogP contribution in [0, 0.1) is 12.2 Å². The Hall–Kier alpha value is -0.890. The van der Waals surface area contributed by atoms with E-state index in [1.54, 1.807) is 0 Å². The average Bonchev–Trinajstić information content (AvgIpc) is 2.58. The van der Waals surface area contributed by atoms with Gasteiger partial charge in [0.15, 0.2) is 0 Å². The maximum absolute atomic E-state index is 12.5. The van der Waals surface area contributed by atoms with Crippen molar-refractivity contribution < 1.29 is 4.39 Å². The molecular formula is C10H11FN. The second-order valence-corrected chi connectivity index (χ2v) is 3.05. The highest BCUT2D eigenvalue weighted by molar-refractivity contribution is 5.25. The van der Waals surface area contributed by atoms with Gasteiger partial charge in [-0.25, -0.2) is 4.39 Å². The Morgan fingerprint density at radius 1 is 1.25 bits per heavy atom. The lowest BCUT2D eigenvalue weighted by molar-refractivity contribution is 0.626. The van der Waals surface area contributed by atoms with Crippen LogP contribution >= 0.6 is 0 Å². The van der Waals surface area contributed by atoms with Gasteiger partial charge in [0.1, 0.15) is 5.82 Å². The number of benzene rings is 1. The van der Waals surface area contributed by atoms with E-state index in [4.69, 9.17) is 0 Å². The van der Waals surface area contributed by atoms with Crippen molar-refractivity contribution in [2.45, 2.75) is 5.92 Å². The van der Waals surface area contributed by atoms with Crippen LogP contribution in [0.15, 0.2) is 24.3 Å². The van der Waals surface area contributed by atoms with Gasteiger partial charge in [-0.2, -0.15) is 0 Å². The maximum atomic E-state index is 12.5. The minimum atomic E-state index is -0.162. The highest BCUT2D eigenvalue weighted by Crippen LogP contribution is 2.21. The SMILES string of the molecule is Fc1ccc([C@H]2[CH]CNC2)cc1. The highest BCUT2D eigenvalue weighted by Gasteiger charge is 2.16. The van der Waals surface area contributed by atoms with Gasteiger partial charge in [0.2, 0.25) is 0 Å². The molecular weight excluding hydrogens is 153 g/mol. The molecule has 1 saturated heterocycles. The first-order valence-corrected chi connectivity index (χ1v) is 4.16. The Morgan fingerprint density at radius 2 is 2.00 bits per heavy atom. The molecule has 1 aromatic rings. The molecule has 1 atom stereocenters. The van der Waals surface area contributed by atoms with Crippen LogP contribution in [0.25, 0.3) is 0 Å². The van der Waals surface area contributed by atoms with Crippen molar-refractivity contribution in [2.75, 3.05) is 13.1 Å². The van der Waals surface area contributed by atoms with Crippen LogP contribution < -0.4 is 5.32 Å². The molecule has 12 heavy (non-hydrogen) atoms. The van der Waals surface area contributed by atoms with E-state index in [-0.39, 0.29) is 5.82 Å². The van der Waals surface area contributed by atoms with E-state index in [1.165, 1.54) is 17.7 Å². The average molecular weight is 164 g/mol. The molecule has 2 rings (SSSR count). The second-order valence-electron chi connectivity index (χ2n) is 3.05. The highest BCUT2D eigenvalue weighted by atomic mass is 19.1. The Kier molecular flexibility index (Phi) is 2.09. The summed E-state index contributed by atoms with van der Waals surface area (Å²) in [7, 11) is 0. The van der Waals surface area contributed by atoms with Gasteiger partial charge in [0.25, 0.3) is 0 Å². The first kappa shape index (κ1) is 7.74. The summed E-state index contributed by atoms with van der Waals surface area (Å²) < 4.78 is 12.5. The minimum Gasteiger partial charge on any atom is -0.316 e. The van der Waals surface area contributed by atoms with Gasteiger partial charge < -0.3 is 5.32 Å². The predicted octanol–water partition coefficient (Wildman–Crippen LogP) is 1.72. The lowest BCUT2D eigenvalue weighted by atomic mass is 9.99. The Balaban J connectivity index is 2.17. The van der Waals surface area contributed by atoms with Crippen LogP contribution in [-0.4, -0.2) is 13.1 Å². The van der Waals surface area contributed by atoms with Crippen molar-refractivity contribution in [1.29, 1.82) is 0 Å². The fraction of sp³-hybridized carbons (Fsp3) is 0.300. The number of halogens is 1. The van der Waals surface area contributed by atoms with Crippen molar-refractivity contribution in [3.05, 3.63) is 42.1 Å².